The van der Waals surface area contributed by atoms with Gasteiger partial charge >= 0.3 is 0 Å². The van der Waals surface area contributed by atoms with Crippen molar-refractivity contribution in [1.29, 1.82) is 0 Å². The molecule has 1 aromatic heterocycles. The average molecular weight is 399 g/mol. The minimum atomic E-state index is 0.0309. The molecule has 29 heavy (non-hydrogen) atoms. The SMILES string of the molecule is COC1=CCCCC1=NCCNCCCCc1coc2ccc(OC)cc2c1=O. The molecule has 0 radical (unpaired) electrons. The zero-order valence-corrected chi connectivity index (χ0v) is 17.3. The molecule has 0 aliphatic heterocycles. The van der Waals surface area contributed by atoms with Crippen LogP contribution in [0.5, 0.6) is 5.75 Å². The van der Waals surface area contributed by atoms with Crippen LogP contribution >= 0.6 is 0 Å². The van der Waals surface area contributed by atoms with Crippen molar-refractivity contribution >= 4 is 16.7 Å². The number of allylic oxidation sites excluding steroid dienone is 2. The Morgan fingerprint density at radius 1 is 1.17 bits per heavy atom. The highest BCUT2D eigenvalue weighted by Gasteiger charge is 2.11. The largest absolute Gasteiger partial charge is 0.497 e. The van der Waals surface area contributed by atoms with E-state index in [1.54, 1.807) is 38.7 Å². The van der Waals surface area contributed by atoms with Crippen molar-refractivity contribution in [2.24, 2.45) is 4.99 Å². The van der Waals surface area contributed by atoms with Crippen molar-refractivity contribution in [3.05, 3.63) is 52.1 Å². The molecule has 3 rings (SSSR count). The Bertz CT molecular complexity index is 930. The van der Waals surface area contributed by atoms with Gasteiger partial charge in [0.05, 0.1) is 38.1 Å². The zero-order valence-electron chi connectivity index (χ0n) is 17.3. The van der Waals surface area contributed by atoms with Gasteiger partial charge in [-0.1, -0.05) is 0 Å². The highest BCUT2D eigenvalue weighted by molar-refractivity contribution is 5.99. The molecule has 0 unspecified atom stereocenters. The second-order valence-corrected chi connectivity index (χ2v) is 7.15. The van der Waals surface area contributed by atoms with E-state index in [9.17, 15) is 4.79 Å². The van der Waals surface area contributed by atoms with E-state index < -0.39 is 0 Å². The molecule has 1 aromatic carbocycles. The Kier molecular flexibility index (Phi) is 7.87. The molecule has 1 N–H and O–H groups in total. The lowest BCUT2D eigenvalue weighted by Gasteiger charge is -2.14. The molecule has 1 aliphatic rings. The second-order valence-electron chi connectivity index (χ2n) is 7.15. The Morgan fingerprint density at radius 3 is 2.90 bits per heavy atom. The van der Waals surface area contributed by atoms with Crippen molar-refractivity contribution in [1.82, 2.24) is 5.32 Å². The fraction of sp³-hybridized carbons (Fsp3) is 0.478. The van der Waals surface area contributed by atoms with Gasteiger partial charge in [0.2, 0.25) is 0 Å². The van der Waals surface area contributed by atoms with Crippen LogP contribution in [0.1, 0.15) is 37.7 Å². The molecule has 6 nitrogen and oxygen atoms in total. The molecular weight excluding hydrogens is 368 g/mol. The number of ether oxygens (including phenoxy) is 2. The molecule has 0 spiro atoms. The standard InChI is InChI=1S/C23H30N2O4/c1-27-18-10-11-21-19(15-18)23(26)17(16-29-21)7-5-6-12-24-13-14-25-20-8-3-4-9-22(20)28-2/h9-11,15-16,24H,3-8,12-14H2,1-2H3. The minimum absolute atomic E-state index is 0.0309. The van der Waals surface area contributed by atoms with E-state index in [-0.39, 0.29) is 5.43 Å². The summed E-state index contributed by atoms with van der Waals surface area (Å²) in [5.41, 5.74) is 2.42. The summed E-state index contributed by atoms with van der Waals surface area (Å²) in [6, 6.07) is 5.30. The smallest absolute Gasteiger partial charge is 0.195 e. The second kappa shape index (κ2) is 10.8. The summed E-state index contributed by atoms with van der Waals surface area (Å²) in [4.78, 5) is 17.3. The predicted molar refractivity (Wildman–Crippen MR) is 116 cm³/mol. The van der Waals surface area contributed by atoms with Crippen molar-refractivity contribution in [2.75, 3.05) is 33.9 Å². The highest BCUT2D eigenvalue weighted by Crippen LogP contribution is 2.19. The van der Waals surface area contributed by atoms with Gasteiger partial charge in [-0.2, -0.15) is 0 Å². The van der Waals surface area contributed by atoms with Crippen molar-refractivity contribution in [2.45, 2.75) is 38.5 Å². The third kappa shape index (κ3) is 5.70. The topological polar surface area (TPSA) is 73.1 Å². The maximum Gasteiger partial charge on any atom is 0.195 e. The van der Waals surface area contributed by atoms with Gasteiger partial charge in [-0.15, -0.1) is 0 Å². The van der Waals surface area contributed by atoms with Gasteiger partial charge in [0.25, 0.3) is 0 Å². The van der Waals surface area contributed by atoms with Crippen LogP contribution in [-0.4, -0.2) is 39.6 Å². The number of hydrogen-bond donors (Lipinski definition) is 1. The third-order valence-electron chi connectivity index (χ3n) is 5.14. The molecule has 2 aromatic rings. The Morgan fingerprint density at radius 2 is 2.07 bits per heavy atom. The molecule has 0 atom stereocenters. The van der Waals surface area contributed by atoms with Gasteiger partial charge in [0.15, 0.2) is 5.43 Å². The van der Waals surface area contributed by atoms with Crippen LogP contribution in [0.25, 0.3) is 11.0 Å². The Hall–Kier alpha value is -2.60. The summed E-state index contributed by atoms with van der Waals surface area (Å²) in [5.74, 6) is 1.60. The number of aliphatic imine (C=N–C) groups is 1. The zero-order chi connectivity index (χ0) is 20.5. The van der Waals surface area contributed by atoms with Crippen LogP contribution in [0.2, 0.25) is 0 Å². The summed E-state index contributed by atoms with van der Waals surface area (Å²) in [6.07, 6.45) is 9.56. The van der Waals surface area contributed by atoms with E-state index in [1.165, 1.54) is 0 Å². The fourth-order valence-electron chi connectivity index (χ4n) is 3.51. The molecular formula is C23H30N2O4. The summed E-state index contributed by atoms with van der Waals surface area (Å²) in [6.45, 7) is 2.51. The average Bonchev–Trinajstić information content (AvgIpc) is 2.77. The quantitative estimate of drug-likeness (QED) is 0.615. The number of benzene rings is 1. The van der Waals surface area contributed by atoms with E-state index in [0.29, 0.717) is 28.7 Å². The predicted octanol–water partition coefficient (Wildman–Crippen LogP) is 3.87. The first-order chi connectivity index (χ1) is 14.2. The summed E-state index contributed by atoms with van der Waals surface area (Å²) in [5, 5.41) is 3.99. The number of hydrogen-bond acceptors (Lipinski definition) is 6. The lowest BCUT2D eigenvalue weighted by atomic mass is 10.0. The minimum Gasteiger partial charge on any atom is -0.497 e. The molecule has 156 valence electrons. The van der Waals surface area contributed by atoms with Gasteiger partial charge in [-0.05, 0) is 69.3 Å². The number of nitrogens with zero attached hydrogens (tertiary/aromatic N) is 1. The van der Waals surface area contributed by atoms with Gasteiger partial charge < -0.3 is 19.2 Å². The normalized spacial score (nSPS) is 15.5. The highest BCUT2D eigenvalue weighted by atomic mass is 16.5. The van der Waals surface area contributed by atoms with Crippen LogP contribution in [0.4, 0.5) is 0 Å². The Labute approximate surface area is 171 Å². The van der Waals surface area contributed by atoms with E-state index in [4.69, 9.17) is 13.9 Å². The van der Waals surface area contributed by atoms with E-state index in [0.717, 1.165) is 63.2 Å². The molecule has 0 fully saturated rings. The molecule has 6 heteroatoms. The van der Waals surface area contributed by atoms with Crippen LogP contribution in [0, 0.1) is 0 Å². The van der Waals surface area contributed by atoms with Crippen molar-refractivity contribution in [3.8, 4) is 5.75 Å². The number of methoxy groups -OCH3 is 2. The first-order valence-corrected chi connectivity index (χ1v) is 10.3. The van der Waals surface area contributed by atoms with Gasteiger partial charge in [0.1, 0.15) is 17.1 Å². The first-order valence-electron chi connectivity index (χ1n) is 10.3. The molecule has 0 bridgehead atoms. The number of rotatable bonds is 10. The van der Waals surface area contributed by atoms with E-state index in [1.807, 2.05) is 0 Å². The van der Waals surface area contributed by atoms with Gasteiger partial charge in [-0.3, -0.25) is 9.79 Å². The van der Waals surface area contributed by atoms with Crippen LogP contribution in [-0.2, 0) is 11.2 Å². The Balaban J connectivity index is 1.40. The maximum atomic E-state index is 12.6. The van der Waals surface area contributed by atoms with Crippen molar-refractivity contribution < 1.29 is 13.9 Å². The summed E-state index contributed by atoms with van der Waals surface area (Å²) in [7, 11) is 3.30. The van der Waals surface area contributed by atoms with Crippen LogP contribution < -0.4 is 15.5 Å². The summed E-state index contributed by atoms with van der Waals surface area (Å²) >= 11 is 0. The maximum absolute atomic E-state index is 12.6. The van der Waals surface area contributed by atoms with Gasteiger partial charge in [0, 0.05) is 12.1 Å². The lowest BCUT2D eigenvalue weighted by molar-refractivity contribution is 0.309. The summed E-state index contributed by atoms with van der Waals surface area (Å²) < 4.78 is 16.2. The van der Waals surface area contributed by atoms with E-state index in [2.05, 4.69) is 16.4 Å². The first kappa shape index (κ1) is 21.1. The molecule has 0 saturated carbocycles. The molecule has 0 saturated heterocycles. The lowest BCUT2D eigenvalue weighted by Crippen LogP contribution is -2.20. The number of nitrogens with one attached hydrogen (secondary N) is 1. The number of aryl methyl sites for hydroxylation is 1. The molecule has 1 heterocycles. The fourth-order valence-corrected chi connectivity index (χ4v) is 3.51. The molecule has 0 amide bonds. The number of unbranched alkanes of at least 4 members (excludes halogenated alkanes) is 1. The molecule has 1 aliphatic carbocycles. The van der Waals surface area contributed by atoms with Gasteiger partial charge in [-0.25, -0.2) is 0 Å². The third-order valence-corrected chi connectivity index (χ3v) is 5.14. The van der Waals surface area contributed by atoms with E-state index >= 15 is 0 Å². The van der Waals surface area contributed by atoms with Crippen molar-refractivity contribution in [3.63, 3.8) is 0 Å². The monoisotopic (exact) mass is 398 g/mol. The van der Waals surface area contributed by atoms with Crippen LogP contribution in [0.3, 0.4) is 0 Å². The van der Waals surface area contributed by atoms with Crippen LogP contribution in [0.15, 0.2) is 50.5 Å². The number of fused-ring (bicyclic) bond motifs is 1.